The molecule has 2 aromatic carbocycles. The Morgan fingerprint density at radius 2 is 2.04 bits per heavy atom. The Morgan fingerprint density at radius 3 is 2.79 bits per heavy atom. The maximum absolute atomic E-state index is 12.9. The van der Waals surface area contributed by atoms with Gasteiger partial charge in [-0.25, -0.2) is 4.39 Å². The van der Waals surface area contributed by atoms with Gasteiger partial charge in [0, 0.05) is 23.7 Å². The molecule has 2 aromatic rings. The van der Waals surface area contributed by atoms with E-state index >= 15 is 0 Å². The number of piperidine rings is 1. The standard InChI is InChI=1S/C19H19ClFNO2/c20-16-4-1-3-15(11-16)19(23)22-10-2-5-18(12-22)24-13-14-6-8-17(21)9-7-14/h1,3-4,6-9,11,18H,2,5,10,12-13H2. The van der Waals surface area contributed by atoms with Gasteiger partial charge in [0.1, 0.15) is 5.82 Å². The smallest absolute Gasteiger partial charge is 0.253 e. The van der Waals surface area contributed by atoms with Gasteiger partial charge in [0.15, 0.2) is 0 Å². The summed E-state index contributed by atoms with van der Waals surface area (Å²) in [7, 11) is 0. The Kier molecular flexibility index (Phi) is 5.48. The minimum Gasteiger partial charge on any atom is -0.372 e. The van der Waals surface area contributed by atoms with Gasteiger partial charge in [-0.3, -0.25) is 4.79 Å². The maximum Gasteiger partial charge on any atom is 0.253 e. The molecule has 0 N–H and O–H groups in total. The predicted octanol–water partition coefficient (Wildman–Crippen LogP) is 4.30. The molecule has 0 saturated carbocycles. The summed E-state index contributed by atoms with van der Waals surface area (Å²) >= 11 is 5.96. The lowest BCUT2D eigenvalue weighted by Gasteiger charge is -2.32. The number of amides is 1. The van der Waals surface area contributed by atoms with E-state index < -0.39 is 0 Å². The van der Waals surface area contributed by atoms with Crippen LogP contribution in [0.3, 0.4) is 0 Å². The molecule has 1 aliphatic heterocycles. The fraction of sp³-hybridized carbons (Fsp3) is 0.316. The largest absolute Gasteiger partial charge is 0.372 e. The van der Waals surface area contributed by atoms with Crippen LogP contribution >= 0.6 is 11.6 Å². The zero-order valence-corrected chi connectivity index (χ0v) is 14.0. The molecule has 1 heterocycles. The van der Waals surface area contributed by atoms with Crippen LogP contribution in [0, 0.1) is 5.82 Å². The van der Waals surface area contributed by atoms with E-state index in [1.807, 2.05) is 4.90 Å². The first-order valence-corrected chi connectivity index (χ1v) is 8.40. The van der Waals surface area contributed by atoms with E-state index in [4.69, 9.17) is 16.3 Å². The topological polar surface area (TPSA) is 29.5 Å². The lowest BCUT2D eigenvalue weighted by Crippen LogP contribution is -2.43. The van der Waals surface area contributed by atoms with E-state index in [-0.39, 0.29) is 17.8 Å². The van der Waals surface area contributed by atoms with E-state index in [0.717, 1.165) is 24.9 Å². The molecule has 3 rings (SSSR count). The van der Waals surface area contributed by atoms with Crippen molar-refractivity contribution in [1.29, 1.82) is 0 Å². The van der Waals surface area contributed by atoms with Crippen LogP contribution in [0.5, 0.6) is 0 Å². The molecule has 0 spiro atoms. The maximum atomic E-state index is 12.9. The number of halogens is 2. The van der Waals surface area contributed by atoms with E-state index in [1.54, 1.807) is 36.4 Å². The Balaban J connectivity index is 1.57. The average molecular weight is 348 g/mol. The zero-order chi connectivity index (χ0) is 16.9. The van der Waals surface area contributed by atoms with Crippen molar-refractivity contribution in [3.8, 4) is 0 Å². The fourth-order valence-corrected chi connectivity index (χ4v) is 3.05. The van der Waals surface area contributed by atoms with Gasteiger partial charge in [0.05, 0.1) is 12.7 Å². The van der Waals surface area contributed by atoms with Crippen molar-refractivity contribution in [2.45, 2.75) is 25.6 Å². The number of nitrogens with zero attached hydrogens (tertiary/aromatic N) is 1. The Hall–Kier alpha value is -1.91. The highest BCUT2D eigenvalue weighted by Gasteiger charge is 2.25. The van der Waals surface area contributed by atoms with Gasteiger partial charge in [0.25, 0.3) is 5.91 Å². The molecule has 126 valence electrons. The molecule has 0 aromatic heterocycles. The molecule has 1 amide bonds. The molecule has 0 aliphatic carbocycles. The minimum atomic E-state index is -0.255. The van der Waals surface area contributed by atoms with Crippen LogP contribution in [0.1, 0.15) is 28.8 Å². The van der Waals surface area contributed by atoms with Crippen LogP contribution in [-0.4, -0.2) is 30.0 Å². The van der Waals surface area contributed by atoms with E-state index in [2.05, 4.69) is 0 Å². The average Bonchev–Trinajstić information content (AvgIpc) is 2.61. The SMILES string of the molecule is O=C(c1cccc(Cl)c1)N1CCCC(OCc2ccc(F)cc2)C1. The molecule has 5 heteroatoms. The number of carbonyl (C=O) groups is 1. The zero-order valence-electron chi connectivity index (χ0n) is 13.3. The van der Waals surface area contributed by atoms with Gasteiger partial charge in [0.2, 0.25) is 0 Å². The number of likely N-dealkylation sites (tertiary alicyclic amines) is 1. The Bertz CT molecular complexity index is 705. The van der Waals surface area contributed by atoms with Crippen molar-refractivity contribution in [3.05, 3.63) is 70.5 Å². The summed E-state index contributed by atoms with van der Waals surface area (Å²) in [5.41, 5.74) is 1.52. The third kappa shape index (κ3) is 4.34. The third-order valence-corrected chi connectivity index (χ3v) is 4.37. The number of ether oxygens (including phenoxy) is 1. The molecule has 1 saturated heterocycles. The molecule has 24 heavy (non-hydrogen) atoms. The molecule has 1 unspecified atom stereocenters. The monoisotopic (exact) mass is 347 g/mol. The summed E-state index contributed by atoms with van der Waals surface area (Å²) in [5, 5.41) is 0.557. The molecule has 0 radical (unpaired) electrons. The summed E-state index contributed by atoms with van der Waals surface area (Å²) in [6, 6.07) is 13.3. The molecular formula is C19H19ClFNO2. The molecular weight excluding hydrogens is 329 g/mol. The van der Waals surface area contributed by atoms with E-state index in [1.165, 1.54) is 12.1 Å². The van der Waals surface area contributed by atoms with Gasteiger partial charge in [-0.05, 0) is 48.7 Å². The minimum absolute atomic E-state index is 0.00747. The lowest BCUT2D eigenvalue weighted by atomic mass is 10.1. The second-order valence-corrected chi connectivity index (χ2v) is 6.40. The summed E-state index contributed by atoms with van der Waals surface area (Å²) in [5.74, 6) is -0.276. The first-order valence-electron chi connectivity index (χ1n) is 8.03. The number of rotatable bonds is 4. The van der Waals surface area contributed by atoms with Crippen molar-refractivity contribution < 1.29 is 13.9 Å². The van der Waals surface area contributed by atoms with Crippen molar-refractivity contribution >= 4 is 17.5 Å². The second kappa shape index (κ2) is 7.77. The summed E-state index contributed by atoms with van der Waals surface area (Å²) < 4.78 is 18.8. The normalized spacial score (nSPS) is 17.8. The Labute approximate surface area is 146 Å². The van der Waals surface area contributed by atoms with Crippen LogP contribution in [0.25, 0.3) is 0 Å². The third-order valence-electron chi connectivity index (χ3n) is 4.14. The number of hydrogen-bond acceptors (Lipinski definition) is 2. The molecule has 0 bridgehead atoms. The molecule has 3 nitrogen and oxygen atoms in total. The van der Waals surface area contributed by atoms with Gasteiger partial charge in [-0.15, -0.1) is 0 Å². The number of hydrogen-bond donors (Lipinski definition) is 0. The predicted molar refractivity (Wildman–Crippen MR) is 91.6 cm³/mol. The van der Waals surface area contributed by atoms with Gasteiger partial charge in [-0.1, -0.05) is 29.8 Å². The van der Waals surface area contributed by atoms with E-state index in [0.29, 0.717) is 23.7 Å². The highest BCUT2D eigenvalue weighted by Crippen LogP contribution is 2.19. The first-order chi connectivity index (χ1) is 11.6. The lowest BCUT2D eigenvalue weighted by molar-refractivity contribution is -0.00674. The van der Waals surface area contributed by atoms with Crippen molar-refractivity contribution in [2.75, 3.05) is 13.1 Å². The van der Waals surface area contributed by atoms with Crippen molar-refractivity contribution in [2.24, 2.45) is 0 Å². The van der Waals surface area contributed by atoms with Crippen LogP contribution in [-0.2, 0) is 11.3 Å². The number of benzene rings is 2. The fourth-order valence-electron chi connectivity index (χ4n) is 2.86. The molecule has 1 aliphatic rings. The van der Waals surface area contributed by atoms with Crippen molar-refractivity contribution in [1.82, 2.24) is 4.90 Å². The quantitative estimate of drug-likeness (QED) is 0.825. The van der Waals surface area contributed by atoms with Gasteiger partial charge in [-0.2, -0.15) is 0 Å². The number of carbonyl (C=O) groups excluding carboxylic acids is 1. The van der Waals surface area contributed by atoms with Crippen molar-refractivity contribution in [3.63, 3.8) is 0 Å². The highest BCUT2D eigenvalue weighted by atomic mass is 35.5. The van der Waals surface area contributed by atoms with Crippen LogP contribution in [0.15, 0.2) is 48.5 Å². The first kappa shape index (κ1) is 16.9. The summed E-state index contributed by atoms with van der Waals surface area (Å²) in [6.07, 6.45) is 1.81. The van der Waals surface area contributed by atoms with Gasteiger partial charge < -0.3 is 9.64 Å². The summed E-state index contributed by atoms with van der Waals surface area (Å²) in [4.78, 5) is 14.4. The second-order valence-electron chi connectivity index (χ2n) is 5.96. The van der Waals surface area contributed by atoms with Crippen LogP contribution in [0.2, 0.25) is 5.02 Å². The molecule has 1 atom stereocenters. The van der Waals surface area contributed by atoms with Crippen LogP contribution < -0.4 is 0 Å². The summed E-state index contributed by atoms with van der Waals surface area (Å²) in [6.45, 7) is 1.71. The molecule has 1 fully saturated rings. The van der Waals surface area contributed by atoms with Crippen LogP contribution in [0.4, 0.5) is 4.39 Å². The Morgan fingerprint density at radius 1 is 1.25 bits per heavy atom. The van der Waals surface area contributed by atoms with Gasteiger partial charge >= 0.3 is 0 Å². The van der Waals surface area contributed by atoms with E-state index in [9.17, 15) is 9.18 Å². The highest BCUT2D eigenvalue weighted by molar-refractivity contribution is 6.30.